The van der Waals surface area contributed by atoms with Crippen LogP contribution < -0.4 is 15.4 Å². The fourth-order valence-electron chi connectivity index (χ4n) is 7.55. The molecule has 3 aromatic rings. The zero-order chi connectivity index (χ0) is 36.1. The number of para-hydroxylation sites is 1. The lowest BCUT2D eigenvalue weighted by Gasteiger charge is -2.41. The Bertz CT molecular complexity index is 1680. The number of piperidine rings is 1. The fourth-order valence-corrected chi connectivity index (χ4v) is 7.55. The number of fused-ring (bicyclic) bond motifs is 1. The number of nitrogens with zero attached hydrogens (tertiary/aromatic N) is 3. The summed E-state index contributed by atoms with van der Waals surface area (Å²) >= 11 is 0. The summed E-state index contributed by atoms with van der Waals surface area (Å²) < 4.78 is 16.6. The normalized spacial score (nSPS) is 20.1. The first kappa shape index (κ1) is 36.2. The van der Waals surface area contributed by atoms with Gasteiger partial charge in [-0.2, -0.15) is 0 Å². The van der Waals surface area contributed by atoms with Crippen LogP contribution in [0.1, 0.15) is 69.4 Å². The average Bonchev–Trinajstić information content (AvgIpc) is 3.91. The minimum Gasteiger partial charge on any atom is -0.484 e. The molecule has 2 fully saturated rings. The van der Waals surface area contributed by atoms with Crippen molar-refractivity contribution in [3.63, 3.8) is 0 Å². The highest BCUT2D eigenvalue weighted by Crippen LogP contribution is 2.42. The van der Waals surface area contributed by atoms with Gasteiger partial charge in [-0.1, -0.05) is 54.6 Å². The van der Waals surface area contributed by atoms with Gasteiger partial charge >= 0.3 is 6.09 Å². The molecule has 2 heterocycles. The number of likely N-dealkylation sites (tertiary alicyclic amines) is 1. The molecule has 0 radical (unpaired) electrons. The Morgan fingerprint density at radius 2 is 1.69 bits per heavy atom. The molecule has 6 rings (SSSR count). The molecule has 3 aromatic carbocycles. The molecule has 1 saturated heterocycles. The molecule has 3 atom stereocenters. The predicted octanol–water partition coefficient (Wildman–Crippen LogP) is 6.19. The van der Waals surface area contributed by atoms with Gasteiger partial charge in [0.15, 0.2) is 6.61 Å². The lowest BCUT2D eigenvalue weighted by molar-refractivity contribution is -0.138. The van der Waals surface area contributed by atoms with E-state index in [1.54, 1.807) is 12.0 Å². The summed E-state index contributed by atoms with van der Waals surface area (Å²) in [5.74, 6) is -0.125. The number of carbonyl (C=O) groups excluding carboxylic acids is 3. The second kappa shape index (κ2) is 15.8. The third kappa shape index (κ3) is 9.03. The van der Waals surface area contributed by atoms with Gasteiger partial charge < -0.3 is 34.6 Å². The van der Waals surface area contributed by atoms with Gasteiger partial charge in [0, 0.05) is 64.1 Å². The van der Waals surface area contributed by atoms with Crippen molar-refractivity contribution in [1.29, 1.82) is 0 Å². The van der Waals surface area contributed by atoms with E-state index >= 15 is 0 Å². The molecule has 10 heteroatoms. The van der Waals surface area contributed by atoms with E-state index in [1.807, 2.05) is 51.1 Å². The molecule has 0 aromatic heterocycles. The van der Waals surface area contributed by atoms with Crippen LogP contribution in [0.25, 0.3) is 11.1 Å². The van der Waals surface area contributed by atoms with Crippen molar-refractivity contribution in [2.75, 3.05) is 57.9 Å². The minimum atomic E-state index is -0.632. The van der Waals surface area contributed by atoms with Gasteiger partial charge in [-0.05, 0) is 92.8 Å². The second-order valence-electron chi connectivity index (χ2n) is 15.1. The smallest absolute Gasteiger partial charge is 0.410 e. The minimum absolute atomic E-state index is 0.0723. The summed E-state index contributed by atoms with van der Waals surface area (Å²) in [5, 5.41) is 0. The van der Waals surface area contributed by atoms with Gasteiger partial charge in [0.2, 0.25) is 5.91 Å². The number of amides is 3. The molecule has 1 unspecified atom stereocenters. The average molecular weight is 697 g/mol. The van der Waals surface area contributed by atoms with Crippen LogP contribution in [-0.4, -0.2) is 92.4 Å². The highest BCUT2D eigenvalue weighted by atomic mass is 16.6. The molecule has 3 aliphatic rings. The number of hydrogen-bond donors (Lipinski definition) is 1. The van der Waals surface area contributed by atoms with E-state index in [4.69, 9.17) is 19.9 Å². The molecular formula is C41H52N4O6. The number of ether oxygens (including phenoxy) is 3. The van der Waals surface area contributed by atoms with Gasteiger partial charge in [-0.15, -0.1) is 0 Å². The second-order valence-corrected chi connectivity index (χ2v) is 15.1. The SMILES string of the molecule is COCCCN1CC(CN(C(=O)[C@H]2CN(C(=O)OC(C)(C)C)CC[C@@H]2c2cccc(-c3ccc(OCC(N)=O)cc3)c2)C2CC2)c2ccccc21. The molecule has 1 saturated carbocycles. The number of hydrogen-bond acceptors (Lipinski definition) is 7. The maximum atomic E-state index is 15.0. The van der Waals surface area contributed by atoms with E-state index in [0.717, 1.165) is 49.0 Å². The lowest BCUT2D eigenvalue weighted by atomic mass is 9.78. The first-order valence-corrected chi connectivity index (χ1v) is 18.2. The van der Waals surface area contributed by atoms with Crippen molar-refractivity contribution in [3.8, 4) is 16.9 Å². The molecule has 1 aliphatic carbocycles. The van der Waals surface area contributed by atoms with Gasteiger partial charge in [-0.25, -0.2) is 4.79 Å². The highest BCUT2D eigenvalue weighted by Gasteiger charge is 2.44. The molecule has 0 bridgehead atoms. The van der Waals surface area contributed by atoms with Crippen LogP contribution in [0.15, 0.2) is 72.8 Å². The van der Waals surface area contributed by atoms with Gasteiger partial charge in [0.25, 0.3) is 5.91 Å². The summed E-state index contributed by atoms with van der Waals surface area (Å²) in [4.78, 5) is 45.8. The number of benzene rings is 3. The highest BCUT2D eigenvalue weighted by molar-refractivity contribution is 5.82. The molecule has 51 heavy (non-hydrogen) atoms. The van der Waals surface area contributed by atoms with Gasteiger partial charge in [0.05, 0.1) is 5.92 Å². The third-order valence-electron chi connectivity index (χ3n) is 10.1. The Morgan fingerprint density at radius 3 is 2.39 bits per heavy atom. The summed E-state index contributed by atoms with van der Waals surface area (Å²) in [6, 6.07) is 24.7. The van der Waals surface area contributed by atoms with Crippen LogP contribution in [-0.2, 0) is 19.1 Å². The zero-order valence-corrected chi connectivity index (χ0v) is 30.4. The van der Waals surface area contributed by atoms with E-state index in [1.165, 1.54) is 11.3 Å². The van der Waals surface area contributed by atoms with Crippen molar-refractivity contribution in [2.45, 2.75) is 69.9 Å². The number of methoxy groups -OCH3 is 1. The predicted molar refractivity (Wildman–Crippen MR) is 198 cm³/mol. The Hall–Kier alpha value is -4.57. The summed E-state index contributed by atoms with van der Waals surface area (Å²) in [6.45, 7) is 9.40. The van der Waals surface area contributed by atoms with Crippen molar-refractivity contribution >= 4 is 23.6 Å². The van der Waals surface area contributed by atoms with Crippen molar-refractivity contribution in [3.05, 3.63) is 83.9 Å². The third-order valence-corrected chi connectivity index (χ3v) is 10.1. The Balaban J connectivity index is 1.26. The topological polar surface area (TPSA) is 115 Å². The molecule has 272 valence electrons. The molecule has 2 N–H and O–H groups in total. The van der Waals surface area contributed by atoms with Crippen LogP contribution in [0.3, 0.4) is 0 Å². The number of nitrogens with two attached hydrogens (primary N) is 1. The lowest BCUT2D eigenvalue weighted by Crippen LogP contribution is -2.51. The largest absolute Gasteiger partial charge is 0.484 e. The number of primary amides is 1. The summed E-state index contributed by atoms with van der Waals surface area (Å²) in [7, 11) is 1.74. The van der Waals surface area contributed by atoms with E-state index in [-0.39, 0.29) is 36.5 Å². The van der Waals surface area contributed by atoms with Crippen LogP contribution >= 0.6 is 0 Å². The Kier molecular flexibility index (Phi) is 11.2. The zero-order valence-electron chi connectivity index (χ0n) is 30.4. The van der Waals surface area contributed by atoms with Crippen LogP contribution in [0.4, 0.5) is 10.5 Å². The molecule has 10 nitrogen and oxygen atoms in total. The van der Waals surface area contributed by atoms with E-state index in [0.29, 0.717) is 38.4 Å². The van der Waals surface area contributed by atoms with Crippen LogP contribution in [0.2, 0.25) is 0 Å². The number of anilines is 1. The first-order valence-electron chi connectivity index (χ1n) is 18.2. The van der Waals surface area contributed by atoms with Crippen molar-refractivity contribution < 1.29 is 28.6 Å². The standard InChI is InChI=1S/C41H52N4O6/c1-41(2,3)51-40(48)44-21-19-34(30-10-7-9-29(23-30)28-13-17-33(18-14-28)50-27-38(42)46)36(26-44)39(47)45(32-15-16-32)25-31-24-43(20-8-22-49-4)37-12-6-5-11-35(31)37/h5-7,9-14,17-18,23,31-32,34,36H,8,15-16,19-22,24-27H2,1-4H3,(H2,42,46)/t31?,34-,36+/m1/s1. The van der Waals surface area contributed by atoms with Crippen LogP contribution in [0.5, 0.6) is 5.75 Å². The van der Waals surface area contributed by atoms with Crippen molar-refractivity contribution in [1.82, 2.24) is 9.80 Å². The van der Waals surface area contributed by atoms with Crippen molar-refractivity contribution in [2.24, 2.45) is 11.7 Å². The Morgan fingerprint density at radius 1 is 0.922 bits per heavy atom. The van der Waals surface area contributed by atoms with Gasteiger partial charge in [-0.3, -0.25) is 9.59 Å². The van der Waals surface area contributed by atoms with Crippen LogP contribution in [0, 0.1) is 5.92 Å². The van der Waals surface area contributed by atoms with E-state index < -0.39 is 17.4 Å². The summed E-state index contributed by atoms with van der Waals surface area (Å²) in [5.41, 5.74) is 10.2. The molecule has 2 aliphatic heterocycles. The maximum Gasteiger partial charge on any atom is 0.410 e. The number of carbonyl (C=O) groups is 3. The summed E-state index contributed by atoms with van der Waals surface area (Å²) in [6.07, 6.45) is 3.22. The molecular weight excluding hydrogens is 644 g/mol. The molecule has 0 spiro atoms. The van der Waals surface area contributed by atoms with Gasteiger partial charge in [0.1, 0.15) is 11.4 Å². The molecule has 3 amide bonds. The maximum absolute atomic E-state index is 15.0. The van der Waals surface area contributed by atoms with E-state index in [9.17, 15) is 14.4 Å². The van der Waals surface area contributed by atoms with E-state index in [2.05, 4.69) is 52.3 Å². The fraction of sp³-hybridized carbons (Fsp3) is 0.488. The number of rotatable bonds is 13. The monoisotopic (exact) mass is 696 g/mol. The first-order chi connectivity index (χ1) is 24.5. The Labute approximate surface area is 301 Å². The quantitative estimate of drug-likeness (QED) is 0.212.